The molecular weight excluding hydrogens is 847 g/mol. The van der Waals surface area contributed by atoms with Crippen molar-refractivity contribution >= 4 is 18.0 Å². The average molecular weight is 971 g/mol. The molecule has 0 saturated carbocycles. The molecule has 0 atom stereocenters. The van der Waals surface area contributed by atoms with Gasteiger partial charge < -0.3 is 30.2 Å². The van der Waals surface area contributed by atoms with Gasteiger partial charge in [-0.2, -0.15) is 0 Å². The van der Waals surface area contributed by atoms with Gasteiger partial charge in [-0.3, -0.25) is 9.59 Å². The Hall–Kier alpha value is -1.87. The minimum absolute atomic E-state index is 0.0225. The Labute approximate surface area is 425 Å². The second-order valence-electron chi connectivity index (χ2n) is 19.9. The molecule has 0 aromatic rings. The van der Waals surface area contributed by atoms with E-state index in [1.54, 1.807) is 0 Å². The number of nitrogens with one attached hydrogen (secondary N) is 1. The van der Waals surface area contributed by atoms with Crippen molar-refractivity contribution in [2.75, 3.05) is 45.9 Å². The molecule has 0 unspecified atom stereocenters. The number of nitrogens with zero attached hydrogens (tertiary/aromatic N) is 1. The van der Waals surface area contributed by atoms with Gasteiger partial charge in [-0.1, -0.05) is 204 Å². The van der Waals surface area contributed by atoms with Crippen molar-refractivity contribution in [3.63, 3.8) is 0 Å². The summed E-state index contributed by atoms with van der Waals surface area (Å²) in [5, 5.41) is 2.90. The fraction of sp³-hybridized carbons (Fsp3) is 0.949. The van der Waals surface area contributed by atoms with Crippen molar-refractivity contribution < 1.29 is 28.6 Å². The third-order valence-electron chi connectivity index (χ3n) is 12.2. The minimum Gasteiger partial charge on any atom is -0.466 e. The van der Waals surface area contributed by atoms with Gasteiger partial charge in [0.25, 0.3) is 0 Å². The molecule has 0 fully saturated rings. The molecule has 0 aliphatic heterocycles. The molecule has 0 aromatic carbocycles. The van der Waals surface area contributed by atoms with Gasteiger partial charge in [0.05, 0.1) is 13.2 Å². The Bertz CT molecular complexity index is 928. The molecule has 0 saturated heterocycles. The zero-order chi connectivity index (χ0) is 51.8. The summed E-state index contributed by atoms with van der Waals surface area (Å²) in [6.45, 7) is 30.4. The van der Waals surface area contributed by atoms with Crippen LogP contribution in [-0.4, -0.2) is 74.5 Å². The van der Waals surface area contributed by atoms with Crippen LogP contribution in [0.3, 0.4) is 0 Å². The molecule has 0 spiro atoms. The number of esters is 2. The molecule has 0 radical (unpaired) electrons. The van der Waals surface area contributed by atoms with Gasteiger partial charge in [-0.25, -0.2) is 4.79 Å². The van der Waals surface area contributed by atoms with E-state index in [9.17, 15) is 14.4 Å². The summed E-state index contributed by atoms with van der Waals surface area (Å²) in [6.07, 6.45) is 39.2. The molecule has 0 bridgehead atoms. The Balaban J connectivity index is -0.00000276. The molecule has 0 aliphatic carbocycles. The van der Waals surface area contributed by atoms with E-state index in [1.807, 2.05) is 55.4 Å². The van der Waals surface area contributed by atoms with E-state index in [2.05, 4.69) is 37.9 Å². The monoisotopic (exact) mass is 970 g/mol. The Morgan fingerprint density at radius 1 is 0.456 bits per heavy atom. The van der Waals surface area contributed by atoms with Crippen molar-refractivity contribution in [1.29, 1.82) is 0 Å². The maximum atomic E-state index is 12.4. The van der Waals surface area contributed by atoms with Crippen molar-refractivity contribution in [1.82, 2.24) is 10.2 Å². The molecule has 9 heteroatoms. The van der Waals surface area contributed by atoms with E-state index in [4.69, 9.17) is 19.9 Å². The van der Waals surface area contributed by atoms with Gasteiger partial charge in [0.2, 0.25) is 0 Å². The van der Waals surface area contributed by atoms with Crippen molar-refractivity contribution in [3.05, 3.63) is 0 Å². The summed E-state index contributed by atoms with van der Waals surface area (Å²) in [5.41, 5.74) is 4.36. The first-order valence-electron chi connectivity index (χ1n) is 29.7. The molecule has 0 aliphatic rings. The van der Waals surface area contributed by atoms with Crippen molar-refractivity contribution in [3.8, 4) is 0 Å². The van der Waals surface area contributed by atoms with E-state index < -0.39 is 5.60 Å². The molecule has 68 heavy (non-hydrogen) atoms. The van der Waals surface area contributed by atoms with Gasteiger partial charge >= 0.3 is 18.0 Å². The summed E-state index contributed by atoms with van der Waals surface area (Å²) >= 11 is 0. The first-order valence-corrected chi connectivity index (χ1v) is 29.7. The lowest BCUT2D eigenvalue weighted by Gasteiger charge is -2.23. The molecule has 0 aromatic heterocycles. The number of ether oxygens (including phenoxy) is 3. The normalized spacial score (nSPS) is 11.1. The number of rotatable bonds is 45. The molecule has 3 N–H and O–H groups in total. The van der Waals surface area contributed by atoms with E-state index in [0.717, 1.165) is 102 Å². The number of hydrogen-bond acceptors (Lipinski definition) is 8. The fourth-order valence-corrected chi connectivity index (χ4v) is 8.43. The fourth-order valence-electron chi connectivity index (χ4n) is 8.43. The highest BCUT2D eigenvalue weighted by molar-refractivity contribution is 5.69. The maximum absolute atomic E-state index is 12.4. The number of amides is 1. The third kappa shape index (κ3) is 60.3. The molecule has 0 rings (SSSR count). The van der Waals surface area contributed by atoms with Gasteiger partial charge in [0, 0.05) is 19.4 Å². The van der Waals surface area contributed by atoms with Crippen LogP contribution in [0.1, 0.15) is 301 Å². The van der Waals surface area contributed by atoms with Crippen LogP contribution >= 0.6 is 0 Å². The van der Waals surface area contributed by atoms with Gasteiger partial charge in [-0.15, -0.1) is 0 Å². The Morgan fingerprint density at radius 3 is 1.10 bits per heavy atom. The standard InChI is InChI=1S/C53H104N2O6.C2H7N.2C2H6/c1-8-12-22-34-48(35-23-13-9-2)38-32-46-59-50(56)40-26-18-16-20-29-43-55(45-31-28-42-54-52(58)61-53(5,6)7)44-30-21-17-19-27-41-51(57)60-47-33-39-49(36-24-14-10-3)37-25-15-11-4;1-2-3;2*1-2/h48-49H,8-47H2,1-7H3,(H,54,58);2-3H2,1H3;2*1-2H3. The van der Waals surface area contributed by atoms with E-state index in [0.29, 0.717) is 32.6 Å². The number of hydrogen-bond donors (Lipinski definition) is 2. The van der Waals surface area contributed by atoms with E-state index in [1.165, 1.54) is 141 Å². The molecular formula is C59H123N3O6. The lowest BCUT2D eigenvalue weighted by Crippen LogP contribution is -2.33. The summed E-state index contributed by atoms with van der Waals surface area (Å²) < 4.78 is 16.6. The highest BCUT2D eigenvalue weighted by atomic mass is 16.6. The lowest BCUT2D eigenvalue weighted by molar-refractivity contribution is -0.144. The number of alkyl carbamates (subject to hydrolysis) is 1. The quantitative estimate of drug-likeness (QED) is 0.0352. The maximum Gasteiger partial charge on any atom is 0.407 e. The molecule has 0 heterocycles. The number of nitrogens with two attached hydrogens (primary N) is 1. The first kappa shape index (κ1) is 72.7. The minimum atomic E-state index is -0.483. The van der Waals surface area contributed by atoms with Gasteiger partial charge in [0.1, 0.15) is 5.60 Å². The predicted octanol–water partition coefficient (Wildman–Crippen LogP) is 17.5. The zero-order valence-corrected chi connectivity index (χ0v) is 48.1. The molecule has 9 nitrogen and oxygen atoms in total. The van der Waals surface area contributed by atoms with Crippen LogP contribution in [-0.2, 0) is 23.8 Å². The highest BCUT2D eigenvalue weighted by Crippen LogP contribution is 2.24. The Morgan fingerprint density at radius 2 is 0.765 bits per heavy atom. The topological polar surface area (TPSA) is 120 Å². The highest BCUT2D eigenvalue weighted by Gasteiger charge is 2.16. The second kappa shape index (κ2) is 59.4. The van der Waals surface area contributed by atoms with Crippen LogP contribution in [0.5, 0.6) is 0 Å². The first-order chi connectivity index (χ1) is 33.0. The SMILES string of the molecule is CC.CC.CCCCCC(CCCCC)CCCOC(=O)CCCCCCCN(CCCCCCCC(=O)OCCCC(CCCCC)CCCCC)CCCCNC(=O)OC(C)(C)C.CCN. The third-order valence-corrected chi connectivity index (χ3v) is 12.2. The van der Waals surface area contributed by atoms with Crippen LogP contribution in [0.15, 0.2) is 0 Å². The Kier molecular flexibility index (Phi) is 63.5. The summed E-state index contributed by atoms with van der Waals surface area (Å²) in [5.74, 6) is 1.54. The summed E-state index contributed by atoms with van der Waals surface area (Å²) in [7, 11) is 0. The second-order valence-corrected chi connectivity index (χ2v) is 19.9. The number of carbonyl (C=O) groups is 3. The molecule has 410 valence electrons. The summed E-state index contributed by atoms with van der Waals surface area (Å²) in [6, 6.07) is 0. The van der Waals surface area contributed by atoms with E-state index in [-0.39, 0.29) is 18.0 Å². The van der Waals surface area contributed by atoms with Crippen LogP contribution in [0.25, 0.3) is 0 Å². The number of carbonyl (C=O) groups excluding carboxylic acids is 3. The van der Waals surface area contributed by atoms with Crippen LogP contribution in [0.2, 0.25) is 0 Å². The lowest BCUT2D eigenvalue weighted by atomic mass is 9.91. The van der Waals surface area contributed by atoms with Crippen LogP contribution in [0, 0.1) is 11.8 Å². The van der Waals surface area contributed by atoms with E-state index >= 15 is 0 Å². The zero-order valence-electron chi connectivity index (χ0n) is 48.1. The smallest absolute Gasteiger partial charge is 0.407 e. The largest absolute Gasteiger partial charge is 0.466 e. The van der Waals surface area contributed by atoms with Crippen molar-refractivity contribution in [2.24, 2.45) is 17.6 Å². The van der Waals surface area contributed by atoms with Gasteiger partial charge in [0.15, 0.2) is 0 Å². The molecule has 1 amide bonds. The van der Waals surface area contributed by atoms with Crippen LogP contribution in [0.4, 0.5) is 4.79 Å². The number of unbranched alkanes of at least 4 members (excludes halogenated alkanes) is 17. The van der Waals surface area contributed by atoms with Gasteiger partial charge in [-0.05, 0) is 123 Å². The van der Waals surface area contributed by atoms with Crippen LogP contribution < -0.4 is 11.1 Å². The summed E-state index contributed by atoms with van der Waals surface area (Å²) in [4.78, 5) is 39.4. The van der Waals surface area contributed by atoms with Crippen molar-refractivity contribution in [2.45, 2.75) is 307 Å². The predicted molar refractivity (Wildman–Crippen MR) is 297 cm³/mol. The average Bonchev–Trinajstić information content (AvgIpc) is 3.31.